The molecule has 4 N–H and O–H groups in total. The second-order valence-corrected chi connectivity index (χ2v) is 17.1. The largest absolute Gasteiger partial charge is 0.493 e. The van der Waals surface area contributed by atoms with E-state index < -0.39 is 0 Å². The lowest BCUT2D eigenvalue weighted by Crippen LogP contribution is -2.30. The molecule has 0 fully saturated rings. The van der Waals surface area contributed by atoms with Crippen molar-refractivity contribution in [3.63, 3.8) is 0 Å². The van der Waals surface area contributed by atoms with Gasteiger partial charge in [-0.3, -0.25) is 9.59 Å². The van der Waals surface area contributed by atoms with Crippen LogP contribution in [0.3, 0.4) is 0 Å². The van der Waals surface area contributed by atoms with Crippen LogP contribution in [-0.4, -0.2) is 107 Å². The molecule has 2 aliphatic heterocycles. The molecule has 0 aromatic heterocycles. The predicted molar refractivity (Wildman–Crippen MR) is 270 cm³/mol. The van der Waals surface area contributed by atoms with Crippen LogP contribution in [0.25, 0.3) is 0 Å². The fourth-order valence-electron chi connectivity index (χ4n) is 8.87. The van der Waals surface area contributed by atoms with E-state index in [0.717, 1.165) is 76.4 Å². The van der Waals surface area contributed by atoms with E-state index in [1.165, 1.54) is 7.11 Å². The van der Waals surface area contributed by atoms with Crippen molar-refractivity contribution >= 4 is 40.3 Å². The summed E-state index contributed by atoms with van der Waals surface area (Å²) < 4.78 is 46.6. The first-order valence-electron chi connectivity index (χ1n) is 23.6. The van der Waals surface area contributed by atoms with Gasteiger partial charge in [0.05, 0.1) is 65.6 Å². The minimum atomic E-state index is -0.270. The van der Waals surface area contributed by atoms with Gasteiger partial charge < -0.3 is 64.1 Å². The molecule has 0 saturated carbocycles. The third-order valence-electron chi connectivity index (χ3n) is 12.5. The van der Waals surface area contributed by atoms with Crippen molar-refractivity contribution < 1.29 is 47.5 Å². The summed E-state index contributed by atoms with van der Waals surface area (Å²) in [6.45, 7) is 5.22. The highest BCUT2D eigenvalue weighted by Gasteiger charge is 2.28. The monoisotopic (exact) mass is 945 g/mol. The molecule has 0 aliphatic carbocycles. The molecule has 0 bridgehead atoms. The molecule has 1 atom stereocenters. The molecule has 368 valence electrons. The van der Waals surface area contributed by atoms with Gasteiger partial charge in [0.25, 0.3) is 5.91 Å². The van der Waals surface area contributed by atoms with E-state index in [9.17, 15) is 9.59 Å². The molecule has 5 aromatic rings. The second kappa shape index (κ2) is 25.1. The van der Waals surface area contributed by atoms with Gasteiger partial charge in [-0.25, -0.2) is 0 Å². The Morgan fingerprint density at radius 3 is 2.19 bits per heavy atom. The SMILES string of the molecule is CNc1cc(OCc2cc(COc3cc4c(cc3OC)CC(Cc3ccccc3N)CN4)cc(N(CCCC(=O)OC)CCOCCOCCOC)c2)c(OC)cc1C(=O)N1CCc2ccccc21. The molecule has 0 spiro atoms. The normalized spacial score (nSPS) is 13.8. The first-order chi connectivity index (χ1) is 33.7. The van der Waals surface area contributed by atoms with E-state index in [0.29, 0.717) is 99.3 Å². The molecule has 2 aliphatic rings. The Kier molecular flexibility index (Phi) is 18.2. The van der Waals surface area contributed by atoms with Crippen LogP contribution < -0.4 is 45.1 Å². The van der Waals surface area contributed by atoms with Gasteiger partial charge in [0.15, 0.2) is 23.0 Å². The molecule has 5 aromatic carbocycles. The Morgan fingerprint density at radius 1 is 0.768 bits per heavy atom. The maximum atomic E-state index is 14.1. The summed E-state index contributed by atoms with van der Waals surface area (Å²) in [5, 5.41) is 6.84. The number of nitrogens with one attached hydrogen (secondary N) is 2. The molecular formula is C54H67N5O10. The lowest BCUT2D eigenvalue weighted by Gasteiger charge is -2.28. The van der Waals surface area contributed by atoms with Gasteiger partial charge in [-0.05, 0) is 102 Å². The van der Waals surface area contributed by atoms with Crippen LogP contribution >= 0.6 is 0 Å². The van der Waals surface area contributed by atoms with Crippen molar-refractivity contribution in [2.45, 2.75) is 45.3 Å². The van der Waals surface area contributed by atoms with Crippen molar-refractivity contribution in [3.05, 3.63) is 124 Å². The molecular weight excluding hydrogens is 879 g/mol. The zero-order valence-corrected chi connectivity index (χ0v) is 40.6. The first-order valence-corrected chi connectivity index (χ1v) is 23.6. The quantitative estimate of drug-likeness (QED) is 0.0278. The standard InChI is InChI=1S/C54H67N5O10/c1-56-47-33-52(50(64-4)31-44(47)54(61)59-18-16-40-11-7-9-14-48(40)59)69-36-39-25-38(28-43(29-39)58(17-10-15-53(60)65-5)19-20-66-23-24-67-22-21-62-2)35-68-51-32-46-42(30-49(51)63-3)27-37(34-57-46)26-41-12-6-8-13-45(41)55/h6-9,11-14,25,28-33,37,56-57H,10,15-24,26-27,34-36,55H2,1-5H3. The van der Waals surface area contributed by atoms with Crippen molar-refractivity contribution in [1.29, 1.82) is 0 Å². The zero-order valence-electron chi connectivity index (χ0n) is 40.6. The van der Waals surface area contributed by atoms with Crippen LogP contribution in [0.2, 0.25) is 0 Å². The number of methoxy groups -OCH3 is 4. The van der Waals surface area contributed by atoms with E-state index in [2.05, 4.69) is 51.9 Å². The molecule has 1 amide bonds. The number of rotatable bonds is 26. The number of para-hydroxylation sites is 2. The lowest BCUT2D eigenvalue weighted by atomic mass is 9.88. The Balaban J connectivity index is 1.13. The summed E-state index contributed by atoms with van der Waals surface area (Å²) in [5.74, 6) is 2.15. The maximum Gasteiger partial charge on any atom is 0.305 e. The highest BCUT2D eigenvalue weighted by Crippen LogP contribution is 2.40. The van der Waals surface area contributed by atoms with Gasteiger partial charge in [-0.15, -0.1) is 0 Å². The minimum absolute atomic E-state index is 0.120. The molecule has 7 rings (SSSR count). The van der Waals surface area contributed by atoms with Gasteiger partial charge in [0, 0.05) is 81.6 Å². The van der Waals surface area contributed by atoms with Crippen LogP contribution in [0.1, 0.15) is 51.0 Å². The highest BCUT2D eigenvalue weighted by atomic mass is 16.5. The molecule has 69 heavy (non-hydrogen) atoms. The van der Waals surface area contributed by atoms with Crippen LogP contribution in [0.5, 0.6) is 23.0 Å². The smallest absolute Gasteiger partial charge is 0.305 e. The van der Waals surface area contributed by atoms with Crippen molar-refractivity contribution in [1.82, 2.24) is 0 Å². The number of carbonyl (C=O) groups excluding carboxylic acids is 2. The summed E-state index contributed by atoms with van der Waals surface area (Å²) in [4.78, 5) is 30.3. The lowest BCUT2D eigenvalue weighted by molar-refractivity contribution is -0.140. The van der Waals surface area contributed by atoms with Crippen LogP contribution in [-0.2, 0) is 56.2 Å². The molecule has 15 nitrogen and oxygen atoms in total. The molecule has 15 heteroatoms. The number of amides is 1. The Labute approximate surface area is 406 Å². The van der Waals surface area contributed by atoms with Crippen LogP contribution in [0.4, 0.5) is 28.4 Å². The summed E-state index contributed by atoms with van der Waals surface area (Å²) >= 11 is 0. The number of nitrogen functional groups attached to an aromatic ring is 1. The molecule has 2 heterocycles. The predicted octanol–water partition coefficient (Wildman–Crippen LogP) is 7.95. The van der Waals surface area contributed by atoms with Gasteiger partial charge in [-0.2, -0.15) is 0 Å². The third-order valence-corrected chi connectivity index (χ3v) is 12.5. The number of hydrogen-bond acceptors (Lipinski definition) is 14. The Hall–Kier alpha value is -6.68. The summed E-state index contributed by atoms with van der Waals surface area (Å²) in [6.07, 6.45) is 3.38. The van der Waals surface area contributed by atoms with Crippen molar-refractivity contribution in [2.24, 2.45) is 5.92 Å². The number of nitrogens with zero attached hydrogens (tertiary/aromatic N) is 2. The van der Waals surface area contributed by atoms with Gasteiger partial charge in [0.2, 0.25) is 0 Å². The maximum absolute atomic E-state index is 14.1. The number of ether oxygens (including phenoxy) is 8. The fraction of sp³-hybridized carbons (Fsp3) is 0.407. The third kappa shape index (κ3) is 13.3. The number of benzene rings is 5. The Morgan fingerprint density at radius 2 is 1.46 bits per heavy atom. The highest BCUT2D eigenvalue weighted by molar-refractivity contribution is 6.11. The number of hydrogen-bond donors (Lipinski definition) is 3. The average Bonchev–Trinajstić information content (AvgIpc) is 3.81. The summed E-state index contributed by atoms with van der Waals surface area (Å²) in [6, 6.07) is 29.9. The summed E-state index contributed by atoms with van der Waals surface area (Å²) in [7, 11) is 8.06. The van der Waals surface area contributed by atoms with Crippen molar-refractivity contribution in [2.75, 3.05) is 121 Å². The van der Waals surface area contributed by atoms with Crippen LogP contribution in [0.15, 0.2) is 91.0 Å². The number of anilines is 5. The number of nitrogens with two attached hydrogens (primary N) is 1. The van der Waals surface area contributed by atoms with E-state index in [-0.39, 0.29) is 31.5 Å². The number of esters is 1. The topological polar surface area (TPSA) is 165 Å². The Bertz CT molecular complexity index is 2500. The molecule has 0 radical (unpaired) electrons. The van der Waals surface area contributed by atoms with Crippen molar-refractivity contribution in [3.8, 4) is 23.0 Å². The average molecular weight is 946 g/mol. The van der Waals surface area contributed by atoms with Gasteiger partial charge in [-0.1, -0.05) is 36.4 Å². The fourth-order valence-corrected chi connectivity index (χ4v) is 8.87. The van der Waals surface area contributed by atoms with Gasteiger partial charge in [0.1, 0.15) is 13.2 Å². The first kappa shape index (κ1) is 50.2. The van der Waals surface area contributed by atoms with E-state index >= 15 is 0 Å². The number of fused-ring (bicyclic) bond motifs is 2. The molecule has 0 saturated heterocycles. The number of carbonyl (C=O) groups is 2. The summed E-state index contributed by atoms with van der Waals surface area (Å²) in [5.41, 5.74) is 16.3. The second-order valence-electron chi connectivity index (χ2n) is 17.1. The zero-order chi connectivity index (χ0) is 48.5. The van der Waals surface area contributed by atoms with Crippen LogP contribution in [0, 0.1) is 5.92 Å². The molecule has 1 unspecified atom stereocenters. The van der Waals surface area contributed by atoms with E-state index in [1.807, 2.05) is 53.4 Å². The van der Waals surface area contributed by atoms with E-state index in [1.54, 1.807) is 34.4 Å². The minimum Gasteiger partial charge on any atom is -0.493 e. The van der Waals surface area contributed by atoms with Gasteiger partial charge >= 0.3 is 5.97 Å². The van der Waals surface area contributed by atoms with E-state index in [4.69, 9.17) is 43.6 Å².